The molecular formula is C35H44F2N4O2. The fourth-order valence-electron chi connectivity index (χ4n) is 6.49. The van der Waals surface area contributed by atoms with Gasteiger partial charge in [0.2, 0.25) is 0 Å². The number of alkyl halides is 2. The van der Waals surface area contributed by atoms with Crippen LogP contribution in [0.3, 0.4) is 0 Å². The minimum absolute atomic E-state index is 0.0615. The summed E-state index contributed by atoms with van der Waals surface area (Å²) in [6.45, 7) is 14.9. The van der Waals surface area contributed by atoms with Gasteiger partial charge in [0, 0.05) is 38.9 Å². The summed E-state index contributed by atoms with van der Waals surface area (Å²) in [5.41, 5.74) is 10.4. The Bertz CT molecular complexity index is 1700. The predicted molar refractivity (Wildman–Crippen MR) is 171 cm³/mol. The monoisotopic (exact) mass is 590 g/mol. The first-order chi connectivity index (χ1) is 20.5. The van der Waals surface area contributed by atoms with Crippen LogP contribution in [0.15, 0.2) is 33.0 Å². The van der Waals surface area contributed by atoms with Crippen LogP contribution in [0.5, 0.6) is 0 Å². The van der Waals surface area contributed by atoms with Crippen LogP contribution >= 0.6 is 0 Å². The van der Waals surface area contributed by atoms with Gasteiger partial charge in [-0.25, -0.2) is 4.99 Å². The zero-order valence-electron chi connectivity index (χ0n) is 26.6. The van der Waals surface area contributed by atoms with Gasteiger partial charge in [0.25, 0.3) is 11.8 Å². The lowest BCUT2D eigenvalue weighted by molar-refractivity contribution is -0.116. The number of H-pyrrole nitrogens is 2. The van der Waals surface area contributed by atoms with Gasteiger partial charge in [-0.05, 0) is 117 Å². The van der Waals surface area contributed by atoms with E-state index < -0.39 is 13.3 Å². The highest BCUT2D eigenvalue weighted by atomic mass is 19.1. The Hall–Kier alpha value is -3.81. The number of hydrogen-bond donors (Lipinski definition) is 3. The maximum atomic E-state index is 13.6. The Morgan fingerprint density at radius 1 is 0.744 bits per heavy atom. The van der Waals surface area contributed by atoms with E-state index in [2.05, 4.69) is 20.3 Å². The molecule has 3 N–H and O–H groups in total. The fraction of sp³-hybridized carbons (Fsp3) is 0.457. The molecule has 4 heterocycles. The molecular weight excluding hydrogens is 546 g/mol. The number of carbonyl (C=O) groups excluding carboxylic acids is 2. The summed E-state index contributed by atoms with van der Waals surface area (Å²) in [7, 11) is 0. The highest BCUT2D eigenvalue weighted by molar-refractivity contribution is 6.30. The molecule has 0 fully saturated rings. The maximum absolute atomic E-state index is 13.6. The van der Waals surface area contributed by atoms with Crippen molar-refractivity contribution in [3.05, 3.63) is 72.3 Å². The molecule has 230 valence electrons. The van der Waals surface area contributed by atoms with Crippen molar-refractivity contribution < 1.29 is 18.4 Å². The molecule has 43 heavy (non-hydrogen) atoms. The Balaban J connectivity index is 1.96. The molecule has 0 bridgehead atoms. The second-order valence-electron chi connectivity index (χ2n) is 11.8. The summed E-state index contributed by atoms with van der Waals surface area (Å²) in [5.74, 6) is -0.432. The molecule has 0 spiro atoms. The minimum Gasteiger partial charge on any atom is -0.355 e. The van der Waals surface area contributed by atoms with Gasteiger partial charge in [0.05, 0.1) is 19.1 Å². The molecule has 8 heteroatoms. The van der Waals surface area contributed by atoms with Gasteiger partial charge in [-0.2, -0.15) is 0 Å². The topological polar surface area (TPSA) is 90.1 Å². The van der Waals surface area contributed by atoms with Crippen LogP contribution < -0.4 is 16.0 Å². The van der Waals surface area contributed by atoms with E-state index in [1.807, 2.05) is 66.7 Å². The largest absolute Gasteiger partial charge is 0.355 e. The normalized spacial score (nSPS) is 18.9. The standard InChI is InChI=1S/C35H44F2N4O2/c1-9-24-20(5)34(42)40-28(24)15-26-22(7)32(18(3)11-13-36)30(38-26)17-31-33(19(4)12-14-37)23(8)27(39-31)16-29-25(10-2)21(6)35(43)41-29/h15-19,38-39H,9-14H2,1-8H3,(H,40,42)/b27-16+,28-15-,31-17-/t18-,19-/m0/s1. The molecule has 2 atom stereocenters. The maximum Gasteiger partial charge on any atom is 0.273 e. The molecule has 4 rings (SSSR count). The van der Waals surface area contributed by atoms with Crippen LogP contribution in [0.4, 0.5) is 8.78 Å². The van der Waals surface area contributed by atoms with Crippen molar-refractivity contribution in [1.29, 1.82) is 0 Å². The van der Waals surface area contributed by atoms with Crippen LogP contribution in [-0.4, -0.2) is 40.8 Å². The Labute approximate surface area is 252 Å². The molecule has 0 aromatic carbocycles. The SMILES string of the molecule is CCC1=C(C)C(=O)N=C1/C=c1/[nH]/c(=C\c2[nH]c(/C=C3\NC(=O)C(C)=C3CC)c(C)c2[C@@H](C)CCF)c([C@@H](C)CCF)c1C. The van der Waals surface area contributed by atoms with Crippen molar-refractivity contribution in [2.45, 2.75) is 92.9 Å². The molecule has 0 unspecified atom stereocenters. The fourth-order valence-corrected chi connectivity index (χ4v) is 6.49. The third-order valence-electron chi connectivity index (χ3n) is 9.04. The van der Waals surface area contributed by atoms with Crippen molar-refractivity contribution in [2.24, 2.45) is 4.99 Å². The molecule has 2 aliphatic rings. The molecule has 2 aromatic heterocycles. The number of allylic oxidation sites excluding steroid dienone is 2. The molecule has 2 aromatic rings. The summed E-state index contributed by atoms with van der Waals surface area (Å²) in [6.07, 6.45) is 8.08. The Morgan fingerprint density at radius 3 is 1.98 bits per heavy atom. The van der Waals surface area contributed by atoms with Crippen LogP contribution in [0.1, 0.15) is 113 Å². The summed E-state index contributed by atoms with van der Waals surface area (Å²) >= 11 is 0. The number of nitrogens with one attached hydrogen (secondary N) is 3. The number of aliphatic imine (C=N–C) groups is 1. The van der Waals surface area contributed by atoms with Crippen molar-refractivity contribution in [1.82, 2.24) is 15.3 Å². The van der Waals surface area contributed by atoms with E-state index in [4.69, 9.17) is 0 Å². The molecule has 0 aliphatic carbocycles. The molecule has 0 saturated heterocycles. The predicted octanol–water partition coefficient (Wildman–Crippen LogP) is 6.40. The second kappa shape index (κ2) is 13.2. The van der Waals surface area contributed by atoms with Gasteiger partial charge in [0.1, 0.15) is 0 Å². The summed E-state index contributed by atoms with van der Waals surface area (Å²) < 4.78 is 27.2. The quantitative estimate of drug-likeness (QED) is 0.283. The highest BCUT2D eigenvalue weighted by Crippen LogP contribution is 2.33. The van der Waals surface area contributed by atoms with Gasteiger partial charge in [-0.3, -0.25) is 18.4 Å². The Kier molecular flexibility index (Phi) is 9.88. The highest BCUT2D eigenvalue weighted by Gasteiger charge is 2.25. The van der Waals surface area contributed by atoms with E-state index in [1.165, 1.54) is 0 Å². The smallest absolute Gasteiger partial charge is 0.273 e. The number of rotatable bonds is 11. The molecule has 2 aliphatic heterocycles. The van der Waals surface area contributed by atoms with Crippen LogP contribution in [0, 0.1) is 13.8 Å². The number of amides is 2. The molecule has 0 saturated carbocycles. The van der Waals surface area contributed by atoms with Gasteiger partial charge in [-0.15, -0.1) is 0 Å². The number of aromatic nitrogens is 2. The lowest BCUT2D eigenvalue weighted by Crippen LogP contribution is -2.15. The first kappa shape index (κ1) is 32.1. The molecule has 0 radical (unpaired) electrons. The zero-order chi connectivity index (χ0) is 31.6. The lowest BCUT2D eigenvalue weighted by atomic mass is 9.92. The third-order valence-corrected chi connectivity index (χ3v) is 9.04. The van der Waals surface area contributed by atoms with Gasteiger partial charge in [-0.1, -0.05) is 27.7 Å². The van der Waals surface area contributed by atoms with Gasteiger partial charge >= 0.3 is 0 Å². The minimum atomic E-state index is -0.441. The number of nitrogens with zero attached hydrogens (tertiary/aromatic N) is 1. The summed E-state index contributed by atoms with van der Waals surface area (Å²) in [5, 5.41) is 4.64. The summed E-state index contributed by atoms with van der Waals surface area (Å²) in [6, 6.07) is 0. The van der Waals surface area contributed by atoms with Crippen molar-refractivity contribution >= 4 is 35.8 Å². The van der Waals surface area contributed by atoms with E-state index in [-0.39, 0.29) is 23.7 Å². The van der Waals surface area contributed by atoms with Crippen LogP contribution in [-0.2, 0) is 9.59 Å². The average molecular weight is 591 g/mol. The number of halogens is 2. The molecule has 6 nitrogen and oxygen atoms in total. The van der Waals surface area contributed by atoms with Crippen LogP contribution in [0.25, 0.3) is 18.2 Å². The van der Waals surface area contributed by atoms with E-state index in [1.54, 1.807) is 6.92 Å². The number of carbonyl (C=O) groups is 2. The van der Waals surface area contributed by atoms with Crippen molar-refractivity contribution in [3.63, 3.8) is 0 Å². The first-order valence-electron chi connectivity index (χ1n) is 15.3. The Morgan fingerprint density at radius 2 is 1.37 bits per heavy atom. The van der Waals surface area contributed by atoms with Crippen LogP contribution in [0.2, 0.25) is 0 Å². The first-order valence-corrected chi connectivity index (χ1v) is 15.3. The van der Waals surface area contributed by atoms with Gasteiger partial charge < -0.3 is 15.3 Å². The molecule has 2 amide bonds. The summed E-state index contributed by atoms with van der Waals surface area (Å²) in [4.78, 5) is 36.1. The third kappa shape index (κ3) is 6.15. The number of aromatic amines is 2. The van der Waals surface area contributed by atoms with Crippen molar-refractivity contribution in [3.8, 4) is 0 Å². The van der Waals surface area contributed by atoms with E-state index >= 15 is 0 Å². The van der Waals surface area contributed by atoms with E-state index in [0.29, 0.717) is 30.5 Å². The number of hydrogen-bond acceptors (Lipinski definition) is 2. The average Bonchev–Trinajstić information content (AvgIpc) is 3.61. The van der Waals surface area contributed by atoms with Crippen molar-refractivity contribution in [2.75, 3.05) is 13.3 Å². The van der Waals surface area contributed by atoms with E-state index in [0.717, 1.165) is 73.2 Å². The second-order valence-corrected chi connectivity index (χ2v) is 11.8. The van der Waals surface area contributed by atoms with E-state index in [9.17, 15) is 18.4 Å². The lowest BCUT2D eigenvalue weighted by Gasteiger charge is -2.12. The zero-order valence-corrected chi connectivity index (χ0v) is 26.6. The van der Waals surface area contributed by atoms with Gasteiger partial charge in [0.15, 0.2) is 0 Å².